The second-order valence-corrected chi connectivity index (χ2v) is 5.05. The lowest BCUT2D eigenvalue weighted by molar-refractivity contribution is 0.0868. The Morgan fingerprint density at radius 1 is 1.43 bits per heavy atom. The normalized spacial score (nSPS) is 12.3. The van der Waals surface area contributed by atoms with Gasteiger partial charge >= 0.3 is 0 Å². The van der Waals surface area contributed by atoms with Crippen LogP contribution in [0.3, 0.4) is 0 Å². The molecule has 0 aliphatic carbocycles. The number of hydrogen-bond acceptors (Lipinski definition) is 4. The summed E-state index contributed by atoms with van der Waals surface area (Å²) in [7, 11) is 1.54. The molecule has 2 N–H and O–H groups in total. The fraction of sp³-hybridized carbons (Fsp3) is 0.333. The Bertz CT molecular complexity index is 685. The van der Waals surface area contributed by atoms with Crippen LogP contribution in [0, 0.1) is 0 Å². The molecule has 0 amide bonds. The molecule has 21 heavy (non-hydrogen) atoms. The molecule has 0 saturated heterocycles. The molecule has 0 spiro atoms. The minimum atomic E-state index is -0.441. The Labute approximate surface area is 127 Å². The highest BCUT2D eigenvalue weighted by Gasteiger charge is 2.19. The Hall–Kier alpha value is -1.85. The largest absolute Gasteiger partial charge is 0.493 e. The van der Waals surface area contributed by atoms with Gasteiger partial charge in [0.25, 0.3) is 5.56 Å². The van der Waals surface area contributed by atoms with Crippen molar-refractivity contribution in [3.8, 4) is 17.0 Å². The molecule has 0 aliphatic rings. The maximum absolute atomic E-state index is 12.3. The molecule has 0 fully saturated rings. The van der Waals surface area contributed by atoms with Gasteiger partial charge in [0.1, 0.15) is 17.5 Å². The van der Waals surface area contributed by atoms with Gasteiger partial charge in [0, 0.05) is 17.7 Å². The van der Waals surface area contributed by atoms with E-state index in [1.165, 1.54) is 0 Å². The van der Waals surface area contributed by atoms with E-state index in [1.54, 1.807) is 31.4 Å². The molecule has 1 aromatic carbocycles. The number of nitrogens with one attached hydrogen (secondary N) is 1. The smallest absolute Gasteiger partial charge is 0.262 e. The molecule has 1 unspecified atom stereocenters. The van der Waals surface area contributed by atoms with Crippen LogP contribution in [0.5, 0.6) is 5.88 Å². The van der Waals surface area contributed by atoms with E-state index in [9.17, 15) is 9.90 Å². The number of aromatic nitrogens is 2. The Morgan fingerprint density at radius 2 is 2.14 bits per heavy atom. The van der Waals surface area contributed by atoms with Gasteiger partial charge in [0.2, 0.25) is 5.88 Å². The maximum atomic E-state index is 12.3. The van der Waals surface area contributed by atoms with Crippen LogP contribution in [0.2, 0.25) is 5.02 Å². The van der Waals surface area contributed by atoms with E-state index in [-0.39, 0.29) is 17.5 Å². The van der Waals surface area contributed by atoms with Gasteiger partial charge in [-0.3, -0.25) is 4.79 Å². The molecule has 2 rings (SSSR count). The molecule has 2 aromatic rings. The summed E-state index contributed by atoms with van der Waals surface area (Å²) in [5, 5.41) is 10.5. The summed E-state index contributed by atoms with van der Waals surface area (Å²) in [6.07, 6.45) is 1.22. The van der Waals surface area contributed by atoms with Crippen LogP contribution in [-0.4, -0.2) is 22.2 Å². The van der Waals surface area contributed by atoms with Crippen molar-refractivity contribution < 1.29 is 9.84 Å². The van der Waals surface area contributed by atoms with Gasteiger partial charge in [-0.1, -0.05) is 43.1 Å². The van der Waals surface area contributed by atoms with Gasteiger partial charge in [0.05, 0.1) is 0 Å². The first-order chi connectivity index (χ1) is 10.1. The third kappa shape index (κ3) is 3.25. The van der Waals surface area contributed by atoms with Crippen molar-refractivity contribution in [2.75, 3.05) is 7.11 Å². The molecule has 0 bridgehead atoms. The predicted octanol–water partition coefficient (Wildman–Crippen LogP) is 3.28. The third-order valence-corrected chi connectivity index (χ3v) is 3.53. The van der Waals surface area contributed by atoms with Crippen molar-refractivity contribution in [3.63, 3.8) is 0 Å². The number of benzene rings is 1. The van der Waals surface area contributed by atoms with E-state index in [0.29, 0.717) is 22.8 Å². The van der Waals surface area contributed by atoms with Crippen LogP contribution in [0.15, 0.2) is 29.1 Å². The summed E-state index contributed by atoms with van der Waals surface area (Å²) in [5.74, 6) is -0.0299. The highest BCUT2D eigenvalue weighted by atomic mass is 35.5. The van der Waals surface area contributed by atoms with Gasteiger partial charge < -0.3 is 14.8 Å². The number of methoxy groups -OCH3 is 1. The van der Waals surface area contributed by atoms with Crippen LogP contribution in [-0.2, 0) is 4.74 Å². The summed E-state index contributed by atoms with van der Waals surface area (Å²) in [6, 6.07) is 6.80. The van der Waals surface area contributed by atoms with Gasteiger partial charge in [-0.05, 0) is 12.5 Å². The standard InChI is InChI=1S/C15H17ClN2O3/c1-3-6-11(21-2)13-17-14(19)12(15(20)18-13)9-7-4-5-8-10(9)16/h4-5,7-8,11H,3,6H2,1-2H3,(H2,17,18,19,20). The molecule has 0 saturated carbocycles. The van der Waals surface area contributed by atoms with Crippen LogP contribution >= 0.6 is 11.6 Å². The Balaban J connectivity index is 2.53. The summed E-state index contributed by atoms with van der Waals surface area (Å²) >= 11 is 6.07. The molecule has 1 aromatic heterocycles. The molecule has 6 heteroatoms. The van der Waals surface area contributed by atoms with Crippen LogP contribution < -0.4 is 5.56 Å². The average molecular weight is 309 g/mol. The van der Waals surface area contributed by atoms with Crippen LogP contribution in [0.25, 0.3) is 11.1 Å². The second kappa shape index (κ2) is 6.74. The number of aromatic hydroxyl groups is 1. The zero-order valence-corrected chi connectivity index (χ0v) is 12.6. The molecular formula is C15H17ClN2O3. The van der Waals surface area contributed by atoms with Crippen LogP contribution in [0.1, 0.15) is 31.7 Å². The minimum absolute atomic E-state index is 0.0655. The highest BCUT2D eigenvalue weighted by molar-refractivity contribution is 6.33. The molecule has 1 atom stereocenters. The van der Waals surface area contributed by atoms with Crippen molar-refractivity contribution in [3.05, 3.63) is 45.5 Å². The average Bonchev–Trinajstić information content (AvgIpc) is 2.46. The van der Waals surface area contributed by atoms with Gasteiger partial charge in [0.15, 0.2) is 0 Å². The first-order valence-corrected chi connectivity index (χ1v) is 7.07. The van der Waals surface area contributed by atoms with E-state index in [2.05, 4.69) is 9.97 Å². The molecule has 1 heterocycles. The van der Waals surface area contributed by atoms with Crippen molar-refractivity contribution in [2.45, 2.75) is 25.9 Å². The molecule has 0 radical (unpaired) electrons. The summed E-state index contributed by atoms with van der Waals surface area (Å²) < 4.78 is 5.29. The van der Waals surface area contributed by atoms with E-state index >= 15 is 0 Å². The molecule has 0 aliphatic heterocycles. The molecular weight excluding hydrogens is 292 g/mol. The van der Waals surface area contributed by atoms with Crippen LogP contribution in [0.4, 0.5) is 0 Å². The number of hydrogen-bond donors (Lipinski definition) is 2. The zero-order valence-electron chi connectivity index (χ0n) is 11.9. The number of nitrogens with zero attached hydrogens (tertiary/aromatic N) is 1. The van der Waals surface area contributed by atoms with Crippen molar-refractivity contribution in [1.29, 1.82) is 0 Å². The third-order valence-electron chi connectivity index (χ3n) is 3.20. The Morgan fingerprint density at radius 3 is 2.71 bits per heavy atom. The van der Waals surface area contributed by atoms with E-state index in [1.807, 2.05) is 6.92 Å². The molecule has 5 nitrogen and oxygen atoms in total. The summed E-state index contributed by atoms with van der Waals surface area (Å²) in [5.41, 5.74) is 0.0703. The fourth-order valence-electron chi connectivity index (χ4n) is 2.17. The SMILES string of the molecule is CCCC(OC)c1nc(O)c(-c2ccccc2Cl)c(=O)[nH]1. The van der Waals surface area contributed by atoms with E-state index in [4.69, 9.17) is 16.3 Å². The van der Waals surface area contributed by atoms with Crippen molar-refractivity contribution >= 4 is 11.6 Å². The van der Waals surface area contributed by atoms with Crippen molar-refractivity contribution in [2.24, 2.45) is 0 Å². The lowest BCUT2D eigenvalue weighted by Crippen LogP contribution is -2.17. The number of rotatable bonds is 5. The highest BCUT2D eigenvalue weighted by Crippen LogP contribution is 2.31. The minimum Gasteiger partial charge on any atom is -0.493 e. The summed E-state index contributed by atoms with van der Waals surface area (Å²) in [6.45, 7) is 2.00. The van der Waals surface area contributed by atoms with E-state index in [0.717, 1.165) is 6.42 Å². The van der Waals surface area contributed by atoms with Gasteiger partial charge in [-0.25, -0.2) is 0 Å². The number of H-pyrrole nitrogens is 1. The number of aromatic amines is 1. The van der Waals surface area contributed by atoms with Gasteiger partial charge in [-0.2, -0.15) is 4.98 Å². The monoisotopic (exact) mass is 308 g/mol. The second-order valence-electron chi connectivity index (χ2n) is 4.64. The number of halogens is 1. The predicted molar refractivity (Wildman–Crippen MR) is 81.6 cm³/mol. The Kier molecular flexibility index (Phi) is 4.98. The summed E-state index contributed by atoms with van der Waals surface area (Å²) in [4.78, 5) is 19.0. The first kappa shape index (κ1) is 15.5. The molecule has 112 valence electrons. The first-order valence-electron chi connectivity index (χ1n) is 6.69. The fourth-order valence-corrected chi connectivity index (χ4v) is 2.40. The lowest BCUT2D eigenvalue weighted by atomic mass is 10.1. The topological polar surface area (TPSA) is 75.2 Å². The van der Waals surface area contributed by atoms with Gasteiger partial charge in [-0.15, -0.1) is 0 Å². The van der Waals surface area contributed by atoms with E-state index < -0.39 is 5.56 Å². The zero-order chi connectivity index (χ0) is 15.4. The number of ether oxygens (including phenoxy) is 1. The quantitative estimate of drug-likeness (QED) is 0.888. The maximum Gasteiger partial charge on any atom is 0.262 e. The lowest BCUT2D eigenvalue weighted by Gasteiger charge is -2.14. The van der Waals surface area contributed by atoms with Crippen molar-refractivity contribution in [1.82, 2.24) is 9.97 Å².